The summed E-state index contributed by atoms with van der Waals surface area (Å²) in [5.41, 5.74) is 0.0827. The Bertz CT molecular complexity index is 770. The Labute approximate surface area is 196 Å². The minimum absolute atomic E-state index is 0.0920. The quantitative estimate of drug-likeness (QED) is 0.450. The number of ether oxygens (including phenoxy) is 6. The van der Waals surface area contributed by atoms with Crippen LogP contribution in [0.1, 0.15) is 40.5 Å². The number of methoxy groups -OCH3 is 3. The zero-order chi connectivity index (χ0) is 24.1. The van der Waals surface area contributed by atoms with E-state index in [0.717, 1.165) is 12.0 Å². The Morgan fingerprint density at radius 3 is 2.30 bits per heavy atom. The summed E-state index contributed by atoms with van der Waals surface area (Å²) >= 11 is 0. The van der Waals surface area contributed by atoms with Crippen LogP contribution in [0.25, 0.3) is 0 Å². The molecule has 0 saturated heterocycles. The molecular weight excluding hydrogens is 428 g/mol. The predicted molar refractivity (Wildman–Crippen MR) is 119 cm³/mol. The number of fused-ring (bicyclic) bond motifs is 2. The molecule has 3 fully saturated rings. The van der Waals surface area contributed by atoms with Gasteiger partial charge in [-0.15, -0.1) is 0 Å². The Morgan fingerprint density at radius 2 is 1.70 bits per heavy atom. The molecule has 1 heterocycles. The van der Waals surface area contributed by atoms with Crippen molar-refractivity contribution in [1.29, 1.82) is 0 Å². The predicted octanol–water partition coefficient (Wildman–Crippen LogP) is 2.53. The lowest BCUT2D eigenvalue weighted by molar-refractivity contribution is -0.298. The van der Waals surface area contributed by atoms with Crippen molar-refractivity contribution in [2.24, 2.45) is 34.5 Å². The van der Waals surface area contributed by atoms with Gasteiger partial charge in [-0.3, -0.25) is 0 Å². The zero-order valence-electron chi connectivity index (χ0n) is 20.9. The molecule has 0 aromatic carbocycles. The van der Waals surface area contributed by atoms with Gasteiger partial charge < -0.3 is 33.5 Å². The highest BCUT2D eigenvalue weighted by atomic mass is 16.7. The molecule has 0 amide bonds. The van der Waals surface area contributed by atoms with Gasteiger partial charge in [-0.2, -0.15) is 0 Å². The van der Waals surface area contributed by atoms with Crippen LogP contribution < -0.4 is 0 Å². The van der Waals surface area contributed by atoms with Crippen LogP contribution in [0.15, 0.2) is 11.6 Å². The lowest BCUT2D eigenvalue weighted by Gasteiger charge is -2.69. The first-order chi connectivity index (χ1) is 15.7. The molecule has 8 nitrogen and oxygen atoms in total. The van der Waals surface area contributed by atoms with Crippen LogP contribution in [0.4, 0.5) is 0 Å². The van der Waals surface area contributed by atoms with Crippen LogP contribution in [0.2, 0.25) is 0 Å². The molecule has 11 atom stereocenters. The minimum atomic E-state index is -0.592. The van der Waals surface area contributed by atoms with Gasteiger partial charge in [-0.1, -0.05) is 27.7 Å². The van der Waals surface area contributed by atoms with Gasteiger partial charge in [0.1, 0.15) is 19.7 Å². The largest absolute Gasteiger partial charge is 0.458 e. The SMILES string of the molecule is COCO[C@H]1[C@H](OCOC)[C@H]2[C@]3(C)C(=CC(=O)O[C@@H]3C[C@H]3[C@H](C)C[C@H](O)[C@@H](OC)[C@@]32C)[C@H]1C. The molecule has 0 aromatic heterocycles. The van der Waals surface area contributed by atoms with Crippen molar-refractivity contribution in [2.75, 3.05) is 34.9 Å². The van der Waals surface area contributed by atoms with Crippen LogP contribution in [0, 0.1) is 34.5 Å². The first-order valence-corrected chi connectivity index (χ1v) is 12.0. The van der Waals surface area contributed by atoms with Crippen LogP contribution in [-0.4, -0.2) is 76.5 Å². The average molecular weight is 469 g/mol. The fraction of sp³-hybridized carbons (Fsp3) is 0.880. The maximum absolute atomic E-state index is 12.7. The number of rotatable bonds is 7. The molecule has 188 valence electrons. The summed E-state index contributed by atoms with van der Waals surface area (Å²) < 4.78 is 35.3. The molecule has 1 N–H and O–H groups in total. The van der Waals surface area contributed by atoms with Gasteiger partial charge in [0.05, 0.1) is 24.4 Å². The molecule has 3 saturated carbocycles. The summed E-state index contributed by atoms with van der Waals surface area (Å²) in [7, 11) is 4.87. The zero-order valence-corrected chi connectivity index (χ0v) is 20.9. The van der Waals surface area contributed by atoms with E-state index >= 15 is 0 Å². The Hall–Kier alpha value is -1.03. The molecule has 0 unspecified atom stereocenters. The van der Waals surface area contributed by atoms with E-state index in [2.05, 4.69) is 27.7 Å². The molecule has 1 aliphatic heterocycles. The lowest BCUT2D eigenvalue weighted by atomic mass is 9.38. The van der Waals surface area contributed by atoms with Crippen molar-refractivity contribution in [3.8, 4) is 0 Å². The van der Waals surface area contributed by atoms with E-state index in [4.69, 9.17) is 28.4 Å². The second-order valence-corrected chi connectivity index (χ2v) is 10.8. The number of esters is 1. The number of carbonyl (C=O) groups excluding carboxylic acids is 1. The summed E-state index contributed by atoms with van der Waals surface area (Å²) in [6.07, 6.45) is 1.04. The highest BCUT2D eigenvalue weighted by Crippen LogP contribution is 2.69. The molecule has 0 radical (unpaired) electrons. The molecule has 0 aromatic rings. The van der Waals surface area contributed by atoms with E-state index in [1.807, 2.05) is 0 Å². The van der Waals surface area contributed by atoms with Crippen molar-refractivity contribution in [2.45, 2.75) is 71.1 Å². The van der Waals surface area contributed by atoms with Crippen LogP contribution >= 0.6 is 0 Å². The van der Waals surface area contributed by atoms with Gasteiger partial charge in [0.2, 0.25) is 0 Å². The smallest absolute Gasteiger partial charge is 0.331 e. The summed E-state index contributed by atoms with van der Waals surface area (Å²) in [4.78, 5) is 12.7. The highest BCUT2D eigenvalue weighted by Gasteiger charge is 2.72. The Kier molecular flexibility index (Phi) is 6.99. The fourth-order valence-electron chi connectivity index (χ4n) is 8.22. The average Bonchev–Trinajstić information content (AvgIpc) is 2.75. The van der Waals surface area contributed by atoms with E-state index in [1.54, 1.807) is 27.4 Å². The van der Waals surface area contributed by atoms with Gasteiger partial charge in [0.25, 0.3) is 0 Å². The molecule has 0 bridgehead atoms. The topological polar surface area (TPSA) is 92.7 Å². The fourth-order valence-corrected chi connectivity index (χ4v) is 8.22. The standard InChI is InChI=1S/C25H40O8/c1-13-8-17(26)23(30-7)25(4)15(13)9-18-24(3)16(10-19(27)33-18)14(2)20(31-11-28-5)21(22(24)25)32-12-29-6/h10,13-15,17-18,20-23,26H,8-9,11-12H2,1-7H3/t13-,14-,15+,17+,18-,20-,21+,22+,23-,24-,25+/m1/s1. The molecule has 4 aliphatic rings. The minimum Gasteiger partial charge on any atom is -0.458 e. The summed E-state index contributed by atoms with van der Waals surface area (Å²) in [5, 5.41) is 11.1. The van der Waals surface area contributed by atoms with Gasteiger partial charge in [0.15, 0.2) is 0 Å². The van der Waals surface area contributed by atoms with E-state index in [-0.39, 0.29) is 67.6 Å². The van der Waals surface area contributed by atoms with Gasteiger partial charge in [-0.25, -0.2) is 4.79 Å². The number of hydrogen-bond donors (Lipinski definition) is 1. The number of carbonyl (C=O) groups is 1. The van der Waals surface area contributed by atoms with Gasteiger partial charge >= 0.3 is 5.97 Å². The number of aliphatic hydroxyl groups is 1. The van der Waals surface area contributed by atoms with Crippen LogP contribution in [0.3, 0.4) is 0 Å². The third-order valence-electron chi connectivity index (χ3n) is 9.31. The van der Waals surface area contributed by atoms with Gasteiger partial charge in [-0.05, 0) is 30.3 Å². The summed E-state index contributed by atoms with van der Waals surface area (Å²) in [6, 6.07) is 0. The molecule has 8 heteroatoms. The molecule has 3 aliphatic carbocycles. The maximum Gasteiger partial charge on any atom is 0.331 e. The Morgan fingerprint density at radius 1 is 1.06 bits per heavy atom. The Balaban J connectivity index is 1.93. The van der Waals surface area contributed by atoms with Crippen molar-refractivity contribution < 1.29 is 38.3 Å². The maximum atomic E-state index is 12.7. The van der Waals surface area contributed by atoms with E-state index in [9.17, 15) is 9.90 Å². The normalized spacial score (nSPS) is 49.0. The molecule has 4 rings (SSSR count). The first kappa shape index (κ1) is 25.1. The van der Waals surface area contributed by atoms with Crippen LogP contribution in [0.5, 0.6) is 0 Å². The van der Waals surface area contributed by atoms with Crippen molar-refractivity contribution in [3.05, 3.63) is 11.6 Å². The van der Waals surface area contributed by atoms with Crippen molar-refractivity contribution >= 4 is 5.97 Å². The van der Waals surface area contributed by atoms with Crippen LogP contribution in [-0.2, 0) is 33.2 Å². The highest BCUT2D eigenvalue weighted by molar-refractivity contribution is 5.85. The van der Waals surface area contributed by atoms with Crippen molar-refractivity contribution in [1.82, 2.24) is 0 Å². The first-order valence-electron chi connectivity index (χ1n) is 12.0. The lowest BCUT2D eigenvalue weighted by Crippen LogP contribution is -2.74. The van der Waals surface area contributed by atoms with Crippen molar-refractivity contribution in [3.63, 3.8) is 0 Å². The molecule has 0 spiro atoms. The summed E-state index contributed by atoms with van der Waals surface area (Å²) in [5.74, 6) is -0.134. The van der Waals surface area contributed by atoms with E-state index in [1.165, 1.54) is 0 Å². The third kappa shape index (κ3) is 3.60. The monoisotopic (exact) mass is 468 g/mol. The second kappa shape index (κ2) is 9.21. The molecule has 33 heavy (non-hydrogen) atoms. The summed E-state index contributed by atoms with van der Waals surface area (Å²) in [6.45, 7) is 8.88. The number of hydrogen-bond acceptors (Lipinski definition) is 8. The van der Waals surface area contributed by atoms with E-state index in [0.29, 0.717) is 6.42 Å². The third-order valence-corrected chi connectivity index (χ3v) is 9.31. The second-order valence-electron chi connectivity index (χ2n) is 10.8. The van der Waals surface area contributed by atoms with Gasteiger partial charge in [0, 0.05) is 50.1 Å². The number of aliphatic hydroxyl groups excluding tert-OH is 1. The van der Waals surface area contributed by atoms with E-state index < -0.39 is 16.9 Å². The molecular formula is C25H40O8.